The van der Waals surface area contributed by atoms with Crippen LogP contribution in [0.4, 0.5) is 11.4 Å². The van der Waals surface area contributed by atoms with Crippen LogP contribution in [-0.4, -0.2) is 64.8 Å². The highest BCUT2D eigenvalue weighted by atomic mass is 16.6. The normalized spacial score (nSPS) is 12.8. The molecule has 0 heterocycles. The van der Waals surface area contributed by atoms with Crippen LogP contribution < -0.4 is 39.9 Å². The Kier molecular flexibility index (Phi) is 19.2. The average Bonchev–Trinajstić information content (AvgIpc) is 3.52. The number of benzene rings is 6. The molecule has 0 spiro atoms. The third kappa shape index (κ3) is 15.9. The van der Waals surface area contributed by atoms with Crippen LogP contribution in [0, 0.1) is 0 Å². The van der Waals surface area contributed by atoms with Crippen molar-refractivity contribution in [3.05, 3.63) is 164 Å². The first-order chi connectivity index (χ1) is 37.7. The summed E-state index contributed by atoms with van der Waals surface area (Å²) in [7, 11) is 0. The van der Waals surface area contributed by atoms with Crippen molar-refractivity contribution in [1.82, 2.24) is 0 Å². The molecule has 0 fully saturated rings. The minimum atomic E-state index is -0.465. The van der Waals surface area contributed by atoms with Crippen LogP contribution in [0.15, 0.2) is 97.1 Å². The molecule has 0 aromatic heterocycles. The summed E-state index contributed by atoms with van der Waals surface area (Å²) in [5, 5.41) is 0. The summed E-state index contributed by atoms with van der Waals surface area (Å²) in [6.07, 6.45) is 1.50. The fourth-order valence-electron chi connectivity index (χ4n) is 9.76. The van der Waals surface area contributed by atoms with Crippen LogP contribution in [0.1, 0.15) is 164 Å². The third-order valence-corrected chi connectivity index (χ3v) is 14.2. The summed E-state index contributed by atoms with van der Waals surface area (Å²) in [6, 6.07) is 32.5. The minimum Gasteiger partial charge on any atom is -0.490 e. The lowest BCUT2D eigenvalue weighted by molar-refractivity contribution is -0.146. The van der Waals surface area contributed by atoms with Crippen molar-refractivity contribution in [3.8, 4) is 34.5 Å². The zero-order chi connectivity index (χ0) is 58.2. The fraction of sp³-hybridized carbons (Fsp3) is 0.441. The number of carbonyl (C=O) groups is 2. The number of hydrogen-bond acceptors (Lipinski definition) is 12. The second kappa shape index (κ2) is 25.4. The van der Waals surface area contributed by atoms with Gasteiger partial charge in [-0.15, -0.1) is 0 Å². The molecular formula is C68H86N2O10. The van der Waals surface area contributed by atoms with Gasteiger partial charge in [0.2, 0.25) is 0 Å². The number of nitrogen functional groups attached to an aromatic ring is 2. The second-order valence-corrected chi connectivity index (χ2v) is 24.9. The van der Waals surface area contributed by atoms with Crippen molar-refractivity contribution in [2.24, 2.45) is 0 Å². The molecule has 6 aromatic carbocycles. The highest BCUT2D eigenvalue weighted by Crippen LogP contribution is 2.44. The molecule has 6 aromatic rings. The van der Waals surface area contributed by atoms with Gasteiger partial charge in [-0.25, -0.2) is 9.59 Å². The van der Waals surface area contributed by atoms with Crippen LogP contribution in [0.3, 0.4) is 0 Å². The molecule has 4 N–H and O–H groups in total. The van der Waals surface area contributed by atoms with Gasteiger partial charge < -0.3 is 49.4 Å². The zero-order valence-corrected chi connectivity index (χ0v) is 50.0. The molecule has 0 saturated heterocycles. The van der Waals surface area contributed by atoms with Crippen molar-refractivity contribution in [3.63, 3.8) is 0 Å². The van der Waals surface area contributed by atoms with E-state index in [4.69, 9.17) is 49.4 Å². The second-order valence-electron chi connectivity index (χ2n) is 24.9. The van der Waals surface area contributed by atoms with Gasteiger partial charge in [-0.1, -0.05) is 132 Å². The molecule has 12 heteroatoms. The first kappa shape index (κ1) is 60.3. The number of anilines is 2. The molecule has 7 rings (SSSR count). The van der Waals surface area contributed by atoms with Gasteiger partial charge in [-0.2, -0.15) is 0 Å². The van der Waals surface area contributed by atoms with E-state index in [1.807, 2.05) is 48.5 Å². The Bertz CT molecular complexity index is 2810. The SMILES string of the molecule is CCOC(=O)COc1c2cc(C(C)(C)C)cc1Cc1cc(C(C)(C)C)cc(c1OCCOc1ccc(N)cc1)Cc1cc(C(C)(C)C)cc(c1OCC(=O)OCC)Cc1cc(C(C)(C)C)cc(c1OCCOc1ccc(N)cc1)C2. The smallest absolute Gasteiger partial charge is 0.344 e. The Labute approximate surface area is 475 Å². The average molecular weight is 1090 g/mol. The first-order valence-corrected chi connectivity index (χ1v) is 28.1. The van der Waals surface area contributed by atoms with E-state index in [0.717, 1.165) is 66.8 Å². The lowest BCUT2D eigenvalue weighted by Crippen LogP contribution is -2.20. The Hall–Kier alpha value is -7.34. The number of rotatable bonds is 18. The lowest BCUT2D eigenvalue weighted by atomic mass is 9.79. The third-order valence-electron chi connectivity index (χ3n) is 14.2. The van der Waals surface area contributed by atoms with Crippen LogP contribution in [0.25, 0.3) is 0 Å². The van der Waals surface area contributed by atoms with Gasteiger partial charge in [0, 0.05) is 37.1 Å². The van der Waals surface area contributed by atoms with Gasteiger partial charge in [0.05, 0.1) is 13.2 Å². The summed E-state index contributed by atoms with van der Waals surface area (Å²) >= 11 is 0. The molecule has 428 valence electrons. The molecule has 0 unspecified atom stereocenters. The van der Waals surface area contributed by atoms with Crippen molar-refractivity contribution >= 4 is 23.3 Å². The molecule has 0 amide bonds. The Morgan fingerprint density at radius 1 is 0.362 bits per heavy atom. The predicted octanol–water partition coefficient (Wildman–Crippen LogP) is 13.5. The van der Waals surface area contributed by atoms with Crippen LogP contribution >= 0.6 is 0 Å². The molecule has 1 aliphatic rings. The summed E-state index contributed by atoms with van der Waals surface area (Å²) in [6.45, 7) is 30.9. The van der Waals surface area contributed by atoms with Gasteiger partial charge in [-0.3, -0.25) is 0 Å². The van der Waals surface area contributed by atoms with Gasteiger partial charge in [0.25, 0.3) is 0 Å². The van der Waals surface area contributed by atoms with E-state index in [9.17, 15) is 9.59 Å². The molecule has 0 aliphatic heterocycles. The molecule has 0 atom stereocenters. The van der Waals surface area contributed by atoms with Crippen molar-refractivity contribution in [2.75, 3.05) is 64.3 Å². The van der Waals surface area contributed by atoms with E-state index in [0.29, 0.717) is 71.6 Å². The number of esters is 2. The van der Waals surface area contributed by atoms with Gasteiger partial charge in [0.15, 0.2) is 13.2 Å². The van der Waals surface area contributed by atoms with E-state index in [1.165, 1.54) is 0 Å². The van der Waals surface area contributed by atoms with Crippen molar-refractivity contribution < 1.29 is 47.5 Å². The van der Waals surface area contributed by atoms with E-state index in [-0.39, 0.29) is 74.5 Å². The van der Waals surface area contributed by atoms with Crippen molar-refractivity contribution in [1.29, 1.82) is 0 Å². The summed E-state index contributed by atoms with van der Waals surface area (Å²) in [5.41, 5.74) is 23.7. The fourth-order valence-corrected chi connectivity index (χ4v) is 9.76. The van der Waals surface area contributed by atoms with Crippen molar-refractivity contribution in [2.45, 2.75) is 144 Å². The maximum Gasteiger partial charge on any atom is 0.344 e. The van der Waals surface area contributed by atoms with Gasteiger partial charge >= 0.3 is 11.9 Å². The standard InChI is InChI=1S/C68H86N2O10/c1-15-73-59(71)41-79-63-47-29-43-33-51(65(3,4)5)35-45(61(43)77-27-25-75-57-21-17-55(69)18-22-57)31-49-39-54(68(12,13)14)40-50(64(49)80-42-60(72)74-16-2)32-46-36-52(66(6,7)8)34-44(30-48(63)38-53(37-47)67(9,10)11)62(46)78-28-26-76-58-23-19-56(70)20-24-58/h17-24,33-40H,15-16,25-32,41-42,69-70H2,1-14H3. The van der Waals surface area contributed by atoms with Crippen LogP contribution in [0.5, 0.6) is 34.5 Å². The Morgan fingerprint density at radius 3 is 0.812 bits per heavy atom. The maximum absolute atomic E-state index is 13.4. The number of carbonyl (C=O) groups excluding carboxylic acids is 2. The van der Waals surface area contributed by atoms with Gasteiger partial charge in [0.1, 0.15) is 60.9 Å². The summed E-state index contributed by atoms with van der Waals surface area (Å²) < 4.78 is 51.2. The lowest BCUT2D eigenvalue weighted by Gasteiger charge is -2.29. The number of hydrogen-bond donors (Lipinski definition) is 2. The van der Waals surface area contributed by atoms with E-state index in [1.54, 1.807) is 13.8 Å². The molecule has 0 radical (unpaired) electrons. The molecule has 8 bridgehead atoms. The van der Waals surface area contributed by atoms with E-state index in [2.05, 4.69) is 132 Å². The Balaban J connectivity index is 1.56. The molecule has 1 aliphatic carbocycles. The summed E-state index contributed by atoms with van der Waals surface area (Å²) in [5.74, 6) is 3.00. The molecular weight excluding hydrogens is 1000 g/mol. The molecule has 80 heavy (non-hydrogen) atoms. The quantitative estimate of drug-likeness (QED) is 0.0476. The van der Waals surface area contributed by atoms with Gasteiger partial charge in [-0.05, 0) is 151 Å². The highest BCUT2D eigenvalue weighted by molar-refractivity contribution is 5.72. The predicted molar refractivity (Wildman–Crippen MR) is 320 cm³/mol. The topological polar surface area (TPSA) is 160 Å². The minimum absolute atomic E-state index is 0.218. The number of fused-ring (bicyclic) bond motifs is 8. The highest BCUT2D eigenvalue weighted by Gasteiger charge is 2.30. The monoisotopic (exact) mass is 1090 g/mol. The zero-order valence-electron chi connectivity index (χ0n) is 50.0. The van der Waals surface area contributed by atoms with E-state index >= 15 is 0 Å². The number of nitrogens with two attached hydrogens (primary N) is 2. The first-order valence-electron chi connectivity index (χ1n) is 28.1. The maximum atomic E-state index is 13.4. The van der Waals surface area contributed by atoms with Crippen LogP contribution in [0.2, 0.25) is 0 Å². The molecule has 12 nitrogen and oxygen atoms in total. The van der Waals surface area contributed by atoms with Crippen LogP contribution in [-0.2, 0) is 66.4 Å². The van der Waals surface area contributed by atoms with E-state index < -0.39 is 11.9 Å². The molecule has 0 saturated carbocycles. The summed E-state index contributed by atoms with van der Waals surface area (Å²) in [4.78, 5) is 26.8. The largest absolute Gasteiger partial charge is 0.490 e. The Morgan fingerprint density at radius 2 is 0.588 bits per heavy atom. The number of ether oxygens (including phenoxy) is 8.